The van der Waals surface area contributed by atoms with Crippen molar-refractivity contribution in [3.8, 4) is 5.69 Å². The number of pyridine rings is 2. The average molecular weight is 525 g/mol. The van der Waals surface area contributed by atoms with Crippen molar-refractivity contribution in [2.45, 2.75) is 64.6 Å². The highest BCUT2D eigenvalue weighted by molar-refractivity contribution is 5.98. The Kier molecular flexibility index (Phi) is 7.79. The maximum Gasteiger partial charge on any atom is 0.407 e. The number of hydrogen-bond donors (Lipinski definition) is 4. The quantitative estimate of drug-likeness (QED) is 0.326. The van der Waals surface area contributed by atoms with Crippen molar-refractivity contribution >= 4 is 29.3 Å². The smallest absolute Gasteiger partial charge is 0.407 e. The second kappa shape index (κ2) is 11.0. The molecule has 1 aliphatic carbocycles. The molecule has 0 aromatic carbocycles. The summed E-state index contributed by atoms with van der Waals surface area (Å²) in [5.41, 5.74) is 5.95. The van der Waals surface area contributed by atoms with Crippen LogP contribution in [-0.4, -0.2) is 49.4 Å². The van der Waals surface area contributed by atoms with Gasteiger partial charge in [0.1, 0.15) is 11.4 Å². The predicted octanol–water partition coefficient (Wildman–Crippen LogP) is 4.14. The minimum absolute atomic E-state index is 0.0663. The highest BCUT2D eigenvalue weighted by atomic mass is 19.1. The van der Waals surface area contributed by atoms with E-state index in [9.17, 15) is 9.59 Å². The molecule has 3 aromatic heterocycles. The second-order valence-electron chi connectivity index (χ2n) is 10.4. The third-order valence-corrected chi connectivity index (χ3v) is 6.24. The number of carbonyl (C=O) groups excluding carboxylic acids is 2. The van der Waals surface area contributed by atoms with E-state index in [1.165, 1.54) is 0 Å². The highest BCUT2D eigenvalue weighted by Crippen LogP contribution is 2.34. The maximum atomic E-state index is 15.2. The zero-order valence-corrected chi connectivity index (χ0v) is 21.9. The Bertz CT molecular complexity index is 1290. The monoisotopic (exact) mass is 524 g/mol. The van der Waals surface area contributed by atoms with Crippen molar-refractivity contribution in [2.75, 3.05) is 10.6 Å². The standard InChI is InChI=1S/C26H33FN8O3/c1-15(31-25(37)38-26(2,3)4)21(16-7-5-8-16)33-24-20(27)12-19(22(28)36)23(34-24)32-17-11-18(14-29-13-17)35-10-6-9-30-35/h6,9-16,21H,5,7-8H2,1-4H3,(H2,28,36)(H,31,37)(H2,32,33,34)/t15-,21-/m0/s1. The Morgan fingerprint density at radius 1 is 1.21 bits per heavy atom. The van der Waals surface area contributed by atoms with Crippen LogP contribution in [0, 0.1) is 11.7 Å². The summed E-state index contributed by atoms with van der Waals surface area (Å²) >= 11 is 0. The van der Waals surface area contributed by atoms with Crippen LogP contribution in [0.1, 0.15) is 57.3 Å². The number of ether oxygens (including phenoxy) is 1. The lowest BCUT2D eigenvalue weighted by molar-refractivity contribution is 0.0492. The first-order valence-electron chi connectivity index (χ1n) is 12.5. The van der Waals surface area contributed by atoms with Crippen LogP contribution in [0.25, 0.3) is 5.69 Å². The molecule has 3 heterocycles. The van der Waals surface area contributed by atoms with Gasteiger partial charge in [-0.05, 0) is 64.7 Å². The number of primary amides is 1. The van der Waals surface area contributed by atoms with Crippen molar-refractivity contribution in [1.29, 1.82) is 0 Å². The average Bonchev–Trinajstić information content (AvgIpc) is 3.33. The van der Waals surface area contributed by atoms with Gasteiger partial charge in [-0.3, -0.25) is 9.78 Å². The Morgan fingerprint density at radius 3 is 2.58 bits per heavy atom. The number of aromatic nitrogens is 4. The van der Waals surface area contributed by atoms with Crippen LogP contribution in [0.4, 0.5) is 26.5 Å². The Hall–Kier alpha value is -4.22. The summed E-state index contributed by atoms with van der Waals surface area (Å²) in [6.07, 6.45) is 8.92. The molecule has 0 radical (unpaired) electrons. The summed E-state index contributed by atoms with van der Waals surface area (Å²) in [6.45, 7) is 7.19. The Balaban J connectivity index is 1.60. The van der Waals surface area contributed by atoms with Gasteiger partial charge < -0.3 is 26.4 Å². The first-order valence-corrected chi connectivity index (χ1v) is 12.5. The minimum Gasteiger partial charge on any atom is -0.444 e. The van der Waals surface area contributed by atoms with Crippen LogP contribution < -0.4 is 21.7 Å². The largest absolute Gasteiger partial charge is 0.444 e. The lowest BCUT2D eigenvalue weighted by Gasteiger charge is -2.38. The fourth-order valence-electron chi connectivity index (χ4n) is 4.24. The molecule has 1 fully saturated rings. The lowest BCUT2D eigenvalue weighted by atomic mass is 9.77. The van der Waals surface area contributed by atoms with Gasteiger partial charge in [0, 0.05) is 18.4 Å². The van der Waals surface area contributed by atoms with Gasteiger partial charge in [-0.2, -0.15) is 5.10 Å². The maximum absolute atomic E-state index is 15.2. The molecule has 11 nitrogen and oxygen atoms in total. The molecule has 4 rings (SSSR count). The number of nitrogens with zero attached hydrogens (tertiary/aromatic N) is 4. The van der Waals surface area contributed by atoms with E-state index in [4.69, 9.17) is 10.5 Å². The van der Waals surface area contributed by atoms with E-state index in [0.717, 1.165) is 25.3 Å². The summed E-state index contributed by atoms with van der Waals surface area (Å²) in [5, 5.41) is 13.2. The highest BCUT2D eigenvalue weighted by Gasteiger charge is 2.34. The first kappa shape index (κ1) is 26.8. The number of halogens is 1. The second-order valence-corrected chi connectivity index (χ2v) is 10.4. The number of rotatable bonds is 9. The van der Waals surface area contributed by atoms with Crippen LogP contribution in [-0.2, 0) is 4.74 Å². The molecule has 1 saturated carbocycles. The summed E-state index contributed by atoms with van der Waals surface area (Å²) < 4.78 is 22.2. The van der Waals surface area contributed by atoms with Gasteiger partial charge in [0.05, 0.1) is 35.4 Å². The normalized spacial score (nSPS) is 15.2. The number of hydrogen-bond acceptors (Lipinski definition) is 8. The number of amides is 2. The number of nitrogens with two attached hydrogens (primary N) is 1. The van der Waals surface area contributed by atoms with Crippen LogP contribution >= 0.6 is 0 Å². The van der Waals surface area contributed by atoms with Crippen molar-refractivity contribution in [2.24, 2.45) is 11.7 Å². The third-order valence-electron chi connectivity index (χ3n) is 6.24. The third kappa shape index (κ3) is 6.55. The van der Waals surface area contributed by atoms with E-state index in [2.05, 4.69) is 31.0 Å². The zero-order chi connectivity index (χ0) is 27.4. The molecule has 1 aliphatic rings. The van der Waals surface area contributed by atoms with Gasteiger partial charge in [0.15, 0.2) is 11.6 Å². The lowest BCUT2D eigenvalue weighted by Crippen LogP contribution is -2.51. The molecule has 12 heteroatoms. The molecule has 0 unspecified atom stereocenters. The summed E-state index contributed by atoms with van der Waals surface area (Å²) in [7, 11) is 0. The molecule has 3 aromatic rings. The van der Waals surface area contributed by atoms with Crippen LogP contribution in [0.5, 0.6) is 0 Å². The van der Waals surface area contributed by atoms with E-state index in [1.54, 1.807) is 62.4 Å². The van der Waals surface area contributed by atoms with Gasteiger partial charge in [-0.1, -0.05) is 6.42 Å². The van der Waals surface area contributed by atoms with Crippen molar-refractivity contribution in [3.63, 3.8) is 0 Å². The van der Waals surface area contributed by atoms with Gasteiger partial charge >= 0.3 is 6.09 Å². The molecule has 2 amide bonds. The SMILES string of the molecule is C[C@H](NC(=O)OC(C)(C)C)[C@H](Nc1nc(Nc2cncc(-n3cccn3)c2)c(C(N)=O)cc1F)C1CCC1. The molecular weight excluding hydrogens is 491 g/mol. The fourth-order valence-corrected chi connectivity index (χ4v) is 4.24. The Morgan fingerprint density at radius 2 is 1.97 bits per heavy atom. The summed E-state index contributed by atoms with van der Waals surface area (Å²) in [6, 6.07) is 3.87. The number of nitrogens with one attached hydrogen (secondary N) is 3. The van der Waals surface area contributed by atoms with Crippen LogP contribution in [0.3, 0.4) is 0 Å². The van der Waals surface area contributed by atoms with Crippen molar-refractivity contribution in [3.05, 3.63) is 54.4 Å². The fraction of sp³-hybridized carbons (Fsp3) is 0.423. The van der Waals surface area contributed by atoms with E-state index < -0.39 is 29.5 Å². The molecule has 0 spiro atoms. The molecular formula is C26H33FN8O3. The van der Waals surface area contributed by atoms with Crippen LogP contribution in [0.15, 0.2) is 43.0 Å². The zero-order valence-electron chi connectivity index (χ0n) is 21.9. The number of carbonyl (C=O) groups is 2. The van der Waals surface area contributed by atoms with Gasteiger partial charge in [-0.15, -0.1) is 0 Å². The molecule has 38 heavy (non-hydrogen) atoms. The van der Waals surface area contributed by atoms with E-state index >= 15 is 4.39 Å². The van der Waals surface area contributed by atoms with E-state index in [-0.39, 0.29) is 29.2 Å². The van der Waals surface area contributed by atoms with Crippen molar-refractivity contribution < 1.29 is 18.7 Å². The molecule has 2 atom stereocenters. The molecule has 0 saturated heterocycles. The van der Waals surface area contributed by atoms with Crippen molar-refractivity contribution in [1.82, 2.24) is 25.1 Å². The summed E-state index contributed by atoms with van der Waals surface area (Å²) in [4.78, 5) is 33.1. The van der Waals surface area contributed by atoms with E-state index in [0.29, 0.717) is 11.4 Å². The first-order chi connectivity index (χ1) is 18.0. The predicted molar refractivity (Wildman–Crippen MR) is 141 cm³/mol. The number of alkyl carbamates (subject to hydrolysis) is 1. The minimum atomic E-state index is -0.836. The van der Waals surface area contributed by atoms with E-state index in [1.807, 2.05) is 6.92 Å². The topological polar surface area (TPSA) is 149 Å². The molecule has 5 N–H and O–H groups in total. The summed E-state index contributed by atoms with van der Waals surface area (Å²) in [5.74, 6) is -1.37. The van der Waals surface area contributed by atoms with Gasteiger partial charge in [-0.25, -0.2) is 18.9 Å². The van der Waals surface area contributed by atoms with Gasteiger partial charge in [0.2, 0.25) is 0 Å². The van der Waals surface area contributed by atoms with Gasteiger partial charge in [0.25, 0.3) is 5.91 Å². The molecule has 0 bridgehead atoms. The molecule has 202 valence electrons. The van der Waals surface area contributed by atoms with Crippen LogP contribution in [0.2, 0.25) is 0 Å². The number of anilines is 3. The Labute approximate surface area is 220 Å². The molecule has 0 aliphatic heterocycles.